The fraction of sp³-hybridized carbons (Fsp3) is 0.806. The minimum Gasteiger partial charge on any atom is -0.756 e. The summed E-state index contributed by atoms with van der Waals surface area (Å²) in [6.45, 7) is 0.948. The molecule has 0 bridgehead atoms. The Morgan fingerprint density at radius 1 is 0.947 bits per heavy atom. The molecule has 7 N–H and O–H groups in total. The van der Waals surface area contributed by atoms with Crippen LogP contribution in [0.4, 0.5) is 0 Å². The SMILES string of the molecule is CCCCCCCCCCC[C@@H](O)CC(=O)O[C@H]1[C@H](O)[C@@H](CO)O[C@H](OP(=O)([O-])OP(=O)([O-])OC[C@H]2O[C@@H](n3ccc(=O)[nH]c3=O)[C@H](O)[C@@H]2O)[C@@H]1NC(C)=O.[Na+].[Na+]. The Morgan fingerprint density at radius 2 is 1.56 bits per heavy atom. The van der Waals surface area contributed by atoms with E-state index in [-0.39, 0.29) is 65.5 Å². The maximum Gasteiger partial charge on any atom is 1.00 e. The number of phosphoric ester groups is 2. The third-order valence-corrected chi connectivity index (χ3v) is 11.4. The van der Waals surface area contributed by atoms with E-state index < -0.39 is 120 Å². The summed E-state index contributed by atoms with van der Waals surface area (Å²) in [5.74, 6) is -1.93. The van der Waals surface area contributed by atoms with Gasteiger partial charge in [0.15, 0.2) is 18.6 Å². The first-order valence-electron chi connectivity index (χ1n) is 18.0. The Bertz CT molecular complexity index is 1610. The molecule has 22 nitrogen and oxygen atoms in total. The number of nitrogens with one attached hydrogen (secondary N) is 2. The largest absolute Gasteiger partial charge is 1.00 e. The summed E-state index contributed by atoms with van der Waals surface area (Å²) in [5, 5.41) is 53.9. The normalized spacial score (nSPS) is 28.5. The molecular weight excluding hydrogens is 826 g/mol. The molecule has 3 rings (SSSR count). The number of ether oxygens (including phenoxy) is 3. The van der Waals surface area contributed by atoms with E-state index in [0.29, 0.717) is 11.0 Å². The van der Waals surface area contributed by atoms with E-state index in [1.165, 1.54) is 19.3 Å². The molecular formula is C31H51N3Na2O19P2. The van der Waals surface area contributed by atoms with Gasteiger partial charge in [0.2, 0.25) is 5.91 Å². The third-order valence-electron chi connectivity index (χ3n) is 8.83. The third kappa shape index (κ3) is 17.8. The molecule has 2 unspecified atom stereocenters. The summed E-state index contributed by atoms with van der Waals surface area (Å²) in [5.41, 5.74) is -1.82. The van der Waals surface area contributed by atoms with Crippen LogP contribution in [0.2, 0.25) is 0 Å². The van der Waals surface area contributed by atoms with Gasteiger partial charge in [-0.15, -0.1) is 0 Å². The standard InChI is InChI=1S/C31H53N3O19P2.2Na/c1-3-4-5-6-7-8-9-10-11-12-19(37)15-23(39)51-28-24(32-18(2)36)30(50-20(16-35)26(28)41)52-55(46,47)53-54(44,45)48-17-21-25(40)27(42)29(49-21)34-14-13-22(38)33-31(34)43;;/h13-14,19-21,24-30,35,37,40-42H,3-12,15-17H2,1-2H3,(H,32,36)(H,44,45)(H,46,47)(H,33,38,43);;/q;2*+1/p-2/t19-,20-,21-,24-,25-,26-,27-,28-,29-,30-;;/m1../s1. The molecule has 26 heteroatoms. The number of unbranched alkanes of at least 4 members (excludes halogenated alkanes) is 8. The zero-order valence-electron chi connectivity index (χ0n) is 32.4. The number of aliphatic hydroxyl groups excluding tert-OH is 5. The minimum atomic E-state index is -6.09. The molecule has 0 aliphatic carbocycles. The molecule has 2 aliphatic heterocycles. The van der Waals surface area contributed by atoms with Gasteiger partial charge in [0, 0.05) is 19.2 Å². The van der Waals surface area contributed by atoms with Crippen LogP contribution in [0.5, 0.6) is 0 Å². The summed E-state index contributed by atoms with van der Waals surface area (Å²) >= 11 is 0. The van der Waals surface area contributed by atoms with Gasteiger partial charge in [-0.05, 0) is 6.42 Å². The second-order valence-electron chi connectivity index (χ2n) is 13.3. The molecule has 0 saturated carbocycles. The van der Waals surface area contributed by atoms with E-state index in [1.807, 2.05) is 4.98 Å². The van der Waals surface area contributed by atoms with Gasteiger partial charge in [0.05, 0.1) is 25.7 Å². The number of aliphatic hydroxyl groups is 5. The topological polar surface area (TPSA) is 338 Å². The molecule has 0 radical (unpaired) electrons. The molecule has 316 valence electrons. The van der Waals surface area contributed by atoms with Crippen LogP contribution in [0.25, 0.3) is 0 Å². The fourth-order valence-electron chi connectivity index (χ4n) is 6.05. The van der Waals surface area contributed by atoms with Crippen LogP contribution in [0, 0.1) is 0 Å². The number of carbonyl (C=O) groups excluding carboxylic acids is 2. The van der Waals surface area contributed by atoms with Crippen molar-refractivity contribution < 1.29 is 141 Å². The number of rotatable bonds is 23. The molecule has 1 aromatic heterocycles. The maximum atomic E-state index is 12.8. The van der Waals surface area contributed by atoms with Crippen molar-refractivity contribution in [2.45, 2.75) is 146 Å². The number of hydrogen-bond donors (Lipinski definition) is 7. The van der Waals surface area contributed by atoms with Crippen molar-refractivity contribution in [3.8, 4) is 0 Å². The number of H-pyrrole nitrogens is 1. The average molecular weight is 878 g/mol. The van der Waals surface area contributed by atoms with Gasteiger partial charge in [0.25, 0.3) is 21.2 Å². The predicted octanol–water partition coefficient (Wildman–Crippen LogP) is -7.68. The summed E-state index contributed by atoms with van der Waals surface area (Å²) < 4.78 is 55.3. The van der Waals surface area contributed by atoms with Crippen molar-refractivity contribution in [3.05, 3.63) is 33.1 Å². The van der Waals surface area contributed by atoms with Gasteiger partial charge in [-0.2, -0.15) is 0 Å². The molecule has 0 spiro atoms. The summed E-state index contributed by atoms with van der Waals surface area (Å²) in [4.78, 5) is 75.6. The molecule has 2 aliphatic rings. The maximum absolute atomic E-state index is 12.8. The first-order valence-corrected chi connectivity index (χ1v) is 20.9. The predicted molar refractivity (Wildman–Crippen MR) is 182 cm³/mol. The van der Waals surface area contributed by atoms with Gasteiger partial charge in [-0.3, -0.25) is 37.6 Å². The van der Waals surface area contributed by atoms with E-state index >= 15 is 0 Å². The van der Waals surface area contributed by atoms with E-state index in [0.717, 1.165) is 51.3 Å². The molecule has 12 atom stereocenters. The first kappa shape index (κ1) is 54.6. The second kappa shape index (κ2) is 26.2. The molecule has 0 aromatic carbocycles. The van der Waals surface area contributed by atoms with Crippen molar-refractivity contribution in [2.24, 2.45) is 0 Å². The second-order valence-corrected chi connectivity index (χ2v) is 16.2. The number of hydrogen-bond acceptors (Lipinski definition) is 19. The van der Waals surface area contributed by atoms with Gasteiger partial charge < -0.3 is 59.4 Å². The van der Waals surface area contributed by atoms with Crippen LogP contribution in [0.3, 0.4) is 0 Å². The van der Waals surface area contributed by atoms with Crippen LogP contribution in [0.1, 0.15) is 90.7 Å². The zero-order valence-corrected chi connectivity index (χ0v) is 38.2. The molecule has 3 heterocycles. The smallest absolute Gasteiger partial charge is 0.756 e. The van der Waals surface area contributed by atoms with Gasteiger partial charge in [0.1, 0.15) is 36.6 Å². The number of phosphoric acid groups is 2. The van der Waals surface area contributed by atoms with Crippen molar-refractivity contribution in [3.63, 3.8) is 0 Å². The first-order chi connectivity index (χ1) is 25.9. The van der Waals surface area contributed by atoms with Crippen LogP contribution in [-0.2, 0) is 46.3 Å². The molecule has 2 saturated heterocycles. The number of aromatic nitrogens is 2. The van der Waals surface area contributed by atoms with Crippen molar-refractivity contribution in [1.82, 2.24) is 14.9 Å². The van der Waals surface area contributed by atoms with Crippen LogP contribution < -0.4 is 85.5 Å². The van der Waals surface area contributed by atoms with Crippen LogP contribution in [0.15, 0.2) is 21.9 Å². The van der Waals surface area contributed by atoms with Crippen LogP contribution >= 0.6 is 15.6 Å². The minimum absolute atomic E-state index is 0. The van der Waals surface area contributed by atoms with E-state index in [9.17, 15) is 63.6 Å². The quantitative estimate of drug-likeness (QED) is 0.0232. The molecule has 1 amide bonds. The molecule has 57 heavy (non-hydrogen) atoms. The number of amides is 1. The zero-order chi connectivity index (χ0) is 40.9. The van der Waals surface area contributed by atoms with Gasteiger partial charge in [-0.25, -0.2) is 9.11 Å². The Hall–Kier alpha value is -0.400. The number of esters is 1. The van der Waals surface area contributed by atoms with Crippen molar-refractivity contribution >= 4 is 27.5 Å². The summed E-state index contributed by atoms with van der Waals surface area (Å²) in [6.07, 6.45) is -5.89. The van der Waals surface area contributed by atoms with E-state index in [4.69, 9.17) is 18.7 Å². The Labute approximate surface area is 372 Å². The Balaban J connectivity index is 0.00000812. The van der Waals surface area contributed by atoms with Crippen LogP contribution in [-0.4, -0.2) is 115 Å². The number of carbonyl (C=O) groups is 2. The average Bonchev–Trinajstić information content (AvgIpc) is 3.37. The van der Waals surface area contributed by atoms with Crippen molar-refractivity contribution in [2.75, 3.05) is 13.2 Å². The van der Waals surface area contributed by atoms with Gasteiger partial charge >= 0.3 is 70.8 Å². The van der Waals surface area contributed by atoms with Crippen molar-refractivity contribution in [1.29, 1.82) is 0 Å². The molecule has 1 aromatic rings. The molecule has 2 fully saturated rings. The fourth-order valence-corrected chi connectivity index (χ4v) is 8.14. The summed E-state index contributed by atoms with van der Waals surface area (Å²) in [6, 6.07) is -0.936. The monoisotopic (exact) mass is 877 g/mol. The van der Waals surface area contributed by atoms with Gasteiger partial charge in [-0.1, -0.05) is 64.7 Å². The summed E-state index contributed by atoms with van der Waals surface area (Å²) in [7, 11) is -12.0. The van der Waals surface area contributed by atoms with E-state index in [1.54, 1.807) is 0 Å². The Kier molecular flexibility index (Phi) is 25.1. The number of nitrogens with zero attached hydrogens (tertiary/aromatic N) is 1. The van der Waals surface area contributed by atoms with E-state index in [2.05, 4.69) is 21.1 Å². The Morgan fingerprint density at radius 3 is 2.14 bits per heavy atom. The number of aromatic amines is 1.